The molecule has 0 saturated carbocycles. The van der Waals surface area contributed by atoms with Crippen molar-refractivity contribution in [1.82, 2.24) is 19.9 Å². The standard InChI is InChI=1S/C16H19N5OS/c1-10(2)14-15(23-9-19-14)20-16(22)17-7-11-4-5-13-12(6-11)18-8-21(13)3/h4-6,8-10H,7H2,1-3H3,(H2,17,20,22). The van der Waals surface area contributed by atoms with Gasteiger partial charge in [0.25, 0.3) is 0 Å². The Hall–Kier alpha value is -2.41. The SMILES string of the molecule is CC(C)c1ncsc1NC(=O)NCc1ccc2c(c1)ncn2C. The number of benzene rings is 1. The van der Waals surface area contributed by atoms with Gasteiger partial charge in [-0.05, 0) is 23.6 Å². The van der Waals surface area contributed by atoms with Crippen LogP contribution >= 0.6 is 11.3 Å². The molecular formula is C16H19N5OS. The van der Waals surface area contributed by atoms with Gasteiger partial charge < -0.3 is 9.88 Å². The van der Waals surface area contributed by atoms with Crippen LogP contribution < -0.4 is 10.6 Å². The van der Waals surface area contributed by atoms with E-state index in [2.05, 4.69) is 34.4 Å². The van der Waals surface area contributed by atoms with Gasteiger partial charge in [0.1, 0.15) is 5.00 Å². The highest BCUT2D eigenvalue weighted by Gasteiger charge is 2.12. The van der Waals surface area contributed by atoms with Crippen molar-refractivity contribution in [3.05, 3.63) is 41.3 Å². The van der Waals surface area contributed by atoms with Crippen molar-refractivity contribution < 1.29 is 4.79 Å². The fraction of sp³-hybridized carbons (Fsp3) is 0.312. The summed E-state index contributed by atoms with van der Waals surface area (Å²) in [6.45, 7) is 4.56. The molecule has 0 fully saturated rings. The summed E-state index contributed by atoms with van der Waals surface area (Å²) >= 11 is 1.44. The second-order valence-electron chi connectivity index (χ2n) is 5.71. The second kappa shape index (κ2) is 6.37. The largest absolute Gasteiger partial charge is 0.334 e. The highest BCUT2D eigenvalue weighted by Crippen LogP contribution is 2.26. The molecule has 2 aromatic heterocycles. The van der Waals surface area contributed by atoms with E-state index in [-0.39, 0.29) is 11.9 Å². The molecule has 0 saturated heterocycles. The van der Waals surface area contributed by atoms with E-state index in [4.69, 9.17) is 0 Å². The molecule has 0 spiro atoms. The van der Waals surface area contributed by atoms with Gasteiger partial charge >= 0.3 is 6.03 Å². The Morgan fingerprint density at radius 3 is 2.96 bits per heavy atom. The lowest BCUT2D eigenvalue weighted by Gasteiger charge is -2.09. The molecule has 7 heteroatoms. The van der Waals surface area contributed by atoms with Crippen LogP contribution in [-0.4, -0.2) is 20.6 Å². The Balaban J connectivity index is 1.62. The van der Waals surface area contributed by atoms with Crippen molar-refractivity contribution in [2.45, 2.75) is 26.3 Å². The molecule has 2 amide bonds. The molecule has 0 radical (unpaired) electrons. The minimum atomic E-state index is -0.225. The summed E-state index contributed by atoms with van der Waals surface area (Å²) in [4.78, 5) is 20.7. The van der Waals surface area contributed by atoms with Gasteiger partial charge in [-0.15, -0.1) is 11.3 Å². The normalized spacial score (nSPS) is 11.1. The van der Waals surface area contributed by atoms with Gasteiger partial charge in [0.05, 0.1) is 28.6 Å². The van der Waals surface area contributed by atoms with Crippen LogP contribution in [0.15, 0.2) is 30.0 Å². The first-order chi connectivity index (χ1) is 11.0. The van der Waals surface area contributed by atoms with Crippen LogP contribution in [0.25, 0.3) is 11.0 Å². The summed E-state index contributed by atoms with van der Waals surface area (Å²) in [7, 11) is 1.96. The number of nitrogens with zero attached hydrogens (tertiary/aromatic N) is 3. The number of hydrogen-bond acceptors (Lipinski definition) is 4. The molecule has 23 heavy (non-hydrogen) atoms. The van der Waals surface area contributed by atoms with Gasteiger partial charge in [0, 0.05) is 13.6 Å². The van der Waals surface area contributed by atoms with Crippen molar-refractivity contribution in [3.63, 3.8) is 0 Å². The molecule has 0 bridgehead atoms. The van der Waals surface area contributed by atoms with Crippen LogP contribution in [0.3, 0.4) is 0 Å². The number of amides is 2. The number of aryl methyl sites for hydroxylation is 1. The Bertz CT molecular complexity index is 836. The Labute approximate surface area is 138 Å². The van der Waals surface area contributed by atoms with Crippen molar-refractivity contribution in [2.75, 3.05) is 5.32 Å². The number of hydrogen-bond donors (Lipinski definition) is 2. The number of thiazole rings is 1. The molecule has 0 unspecified atom stereocenters. The van der Waals surface area contributed by atoms with Gasteiger partial charge in [0.15, 0.2) is 0 Å². The van der Waals surface area contributed by atoms with Crippen molar-refractivity contribution in [3.8, 4) is 0 Å². The molecule has 0 aliphatic carbocycles. The predicted octanol–water partition coefficient (Wildman–Crippen LogP) is 3.47. The number of fused-ring (bicyclic) bond motifs is 1. The molecule has 3 aromatic rings. The van der Waals surface area contributed by atoms with Crippen LogP contribution in [0.2, 0.25) is 0 Å². The van der Waals surface area contributed by atoms with E-state index in [1.54, 1.807) is 11.8 Å². The fourth-order valence-corrected chi connectivity index (χ4v) is 3.21. The maximum absolute atomic E-state index is 12.1. The number of urea groups is 1. The molecule has 2 heterocycles. The molecule has 120 valence electrons. The minimum Gasteiger partial charge on any atom is -0.334 e. The van der Waals surface area contributed by atoms with E-state index in [9.17, 15) is 4.79 Å². The van der Waals surface area contributed by atoms with Crippen molar-refractivity contribution in [1.29, 1.82) is 0 Å². The number of rotatable bonds is 4. The molecule has 0 atom stereocenters. The first-order valence-corrected chi connectivity index (χ1v) is 8.30. The van der Waals surface area contributed by atoms with E-state index < -0.39 is 0 Å². The average Bonchev–Trinajstić information content (AvgIpc) is 3.12. The third kappa shape index (κ3) is 3.34. The monoisotopic (exact) mass is 329 g/mol. The van der Waals surface area contributed by atoms with Gasteiger partial charge in [0.2, 0.25) is 0 Å². The minimum absolute atomic E-state index is 0.225. The molecule has 0 aliphatic rings. The summed E-state index contributed by atoms with van der Waals surface area (Å²) in [6, 6.07) is 5.77. The van der Waals surface area contributed by atoms with Gasteiger partial charge in [-0.3, -0.25) is 5.32 Å². The highest BCUT2D eigenvalue weighted by molar-refractivity contribution is 7.14. The topological polar surface area (TPSA) is 71.8 Å². The Morgan fingerprint density at radius 1 is 1.35 bits per heavy atom. The predicted molar refractivity (Wildman–Crippen MR) is 92.8 cm³/mol. The van der Waals surface area contributed by atoms with E-state index in [1.807, 2.05) is 29.8 Å². The Morgan fingerprint density at radius 2 is 2.17 bits per heavy atom. The summed E-state index contributed by atoms with van der Waals surface area (Å²) < 4.78 is 1.97. The summed E-state index contributed by atoms with van der Waals surface area (Å²) in [5, 5.41) is 6.54. The van der Waals surface area contributed by atoms with Crippen molar-refractivity contribution >= 4 is 33.4 Å². The van der Waals surface area contributed by atoms with Gasteiger partial charge in [-0.25, -0.2) is 14.8 Å². The van der Waals surface area contributed by atoms with Crippen molar-refractivity contribution in [2.24, 2.45) is 7.05 Å². The maximum Gasteiger partial charge on any atom is 0.320 e. The third-order valence-electron chi connectivity index (χ3n) is 3.61. The molecular weight excluding hydrogens is 310 g/mol. The third-order valence-corrected chi connectivity index (χ3v) is 4.37. The lowest BCUT2D eigenvalue weighted by molar-refractivity contribution is 0.252. The summed E-state index contributed by atoms with van der Waals surface area (Å²) in [6.07, 6.45) is 1.78. The van der Waals surface area contributed by atoms with E-state index in [1.165, 1.54) is 11.3 Å². The lowest BCUT2D eigenvalue weighted by Crippen LogP contribution is -2.28. The van der Waals surface area contributed by atoms with E-state index in [0.29, 0.717) is 6.54 Å². The molecule has 3 rings (SSSR count). The number of carbonyl (C=O) groups excluding carboxylic acids is 1. The van der Waals surface area contributed by atoms with Crippen LogP contribution in [0.1, 0.15) is 31.0 Å². The number of anilines is 1. The van der Waals surface area contributed by atoms with Crippen LogP contribution in [0.5, 0.6) is 0 Å². The quantitative estimate of drug-likeness (QED) is 0.770. The lowest BCUT2D eigenvalue weighted by atomic mass is 10.1. The zero-order valence-corrected chi connectivity index (χ0v) is 14.1. The number of nitrogens with one attached hydrogen (secondary N) is 2. The average molecular weight is 329 g/mol. The second-order valence-corrected chi connectivity index (χ2v) is 6.56. The van der Waals surface area contributed by atoms with Crippen LogP contribution in [0.4, 0.5) is 9.80 Å². The summed E-state index contributed by atoms with van der Waals surface area (Å²) in [5.74, 6) is 0.281. The Kier molecular flexibility index (Phi) is 4.29. The van der Waals surface area contributed by atoms with Gasteiger partial charge in [-0.2, -0.15) is 0 Å². The highest BCUT2D eigenvalue weighted by atomic mass is 32.1. The number of carbonyl (C=O) groups is 1. The first-order valence-electron chi connectivity index (χ1n) is 7.43. The molecule has 0 aliphatic heterocycles. The molecule has 6 nitrogen and oxygen atoms in total. The summed E-state index contributed by atoms with van der Waals surface area (Å²) in [5.41, 5.74) is 5.68. The fourth-order valence-electron chi connectivity index (χ4n) is 2.38. The smallest absolute Gasteiger partial charge is 0.320 e. The maximum atomic E-state index is 12.1. The zero-order valence-electron chi connectivity index (χ0n) is 13.3. The van der Waals surface area contributed by atoms with E-state index >= 15 is 0 Å². The van der Waals surface area contributed by atoms with Crippen LogP contribution in [0, 0.1) is 0 Å². The number of imidazole rings is 1. The van der Waals surface area contributed by atoms with E-state index in [0.717, 1.165) is 27.3 Å². The number of aromatic nitrogens is 3. The zero-order chi connectivity index (χ0) is 16.4. The molecule has 1 aromatic carbocycles. The first kappa shape index (κ1) is 15.5. The van der Waals surface area contributed by atoms with Gasteiger partial charge in [-0.1, -0.05) is 19.9 Å². The van der Waals surface area contributed by atoms with Crippen LogP contribution in [-0.2, 0) is 13.6 Å². The molecule has 2 N–H and O–H groups in total.